The zero-order valence-corrected chi connectivity index (χ0v) is 10.6. The number of nitrogens with zero attached hydrogens (tertiary/aromatic N) is 1. The lowest BCUT2D eigenvalue weighted by atomic mass is 9.99. The molecule has 2 unspecified atom stereocenters. The normalized spacial score (nSPS) is 27.5. The van der Waals surface area contributed by atoms with Crippen LogP contribution >= 0.6 is 0 Å². The highest BCUT2D eigenvalue weighted by Gasteiger charge is 2.36. The summed E-state index contributed by atoms with van der Waals surface area (Å²) in [6.07, 6.45) is 2.00. The molecule has 2 heterocycles. The van der Waals surface area contributed by atoms with Crippen LogP contribution in [0.4, 0.5) is 0 Å². The van der Waals surface area contributed by atoms with Crippen LogP contribution in [0.5, 0.6) is 0 Å². The summed E-state index contributed by atoms with van der Waals surface area (Å²) in [7, 11) is 0. The van der Waals surface area contributed by atoms with E-state index in [2.05, 4.69) is 18.8 Å². The molecule has 3 heteroatoms. The third-order valence-corrected chi connectivity index (χ3v) is 3.94. The van der Waals surface area contributed by atoms with Crippen LogP contribution in [0.3, 0.4) is 0 Å². The first-order valence-corrected chi connectivity index (χ1v) is 6.53. The van der Waals surface area contributed by atoms with Crippen LogP contribution in [0.25, 0.3) is 5.70 Å². The third-order valence-electron chi connectivity index (χ3n) is 3.94. The Morgan fingerprint density at radius 1 is 1.33 bits per heavy atom. The molecule has 1 saturated heterocycles. The summed E-state index contributed by atoms with van der Waals surface area (Å²) in [5, 5.41) is 3.42. The molecule has 3 nitrogen and oxygen atoms in total. The molecule has 0 bridgehead atoms. The third kappa shape index (κ3) is 1.66. The molecule has 1 aromatic rings. The maximum Gasteiger partial charge on any atom is 0.259 e. The highest BCUT2D eigenvalue weighted by molar-refractivity contribution is 6.09. The van der Waals surface area contributed by atoms with Gasteiger partial charge in [0.2, 0.25) is 0 Å². The van der Waals surface area contributed by atoms with Gasteiger partial charge in [-0.1, -0.05) is 24.8 Å². The number of benzene rings is 1. The van der Waals surface area contributed by atoms with Crippen molar-refractivity contribution in [3.63, 3.8) is 0 Å². The van der Waals surface area contributed by atoms with Gasteiger partial charge in [-0.15, -0.1) is 0 Å². The average molecular weight is 242 g/mol. The van der Waals surface area contributed by atoms with E-state index in [9.17, 15) is 4.79 Å². The Morgan fingerprint density at radius 3 is 2.72 bits per heavy atom. The number of fused-ring (bicyclic) bond motifs is 1. The van der Waals surface area contributed by atoms with Crippen molar-refractivity contribution in [1.82, 2.24) is 10.2 Å². The Kier molecular flexibility index (Phi) is 2.71. The molecular formula is C15H18N2O. The zero-order chi connectivity index (χ0) is 12.7. The Bertz CT molecular complexity index is 474. The van der Waals surface area contributed by atoms with E-state index in [1.807, 2.05) is 29.2 Å². The van der Waals surface area contributed by atoms with Crippen LogP contribution in [-0.4, -0.2) is 29.4 Å². The maximum atomic E-state index is 12.5. The van der Waals surface area contributed by atoms with Gasteiger partial charge >= 0.3 is 0 Å². The zero-order valence-electron chi connectivity index (χ0n) is 10.6. The van der Waals surface area contributed by atoms with Crippen molar-refractivity contribution in [1.29, 1.82) is 0 Å². The summed E-state index contributed by atoms with van der Waals surface area (Å²) in [6, 6.07) is 8.51. The molecule has 0 aliphatic carbocycles. The highest BCUT2D eigenvalue weighted by Crippen LogP contribution is 2.35. The molecule has 1 N–H and O–H groups in total. The minimum absolute atomic E-state index is 0.120. The lowest BCUT2D eigenvalue weighted by Gasteiger charge is -2.35. The number of rotatable bonds is 1. The fraction of sp³-hybridized carbons (Fsp3) is 0.400. The van der Waals surface area contributed by atoms with E-state index in [1.54, 1.807) is 0 Å². The van der Waals surface area contributed by atoms with E-state index in [0.29, 0.717) is 6.04 Å². The van der Waals surface area contributed by atoms with Gasteiger partial charge in [-0.05, 0) is 32.4 Å². The molecule has 0 spiro atoms. The molecule has 0 saturated carbocycles. The van der Waals surface area contributed by atoms with Gasteiger partial charge in [0, 0.05) is 28.9 Å². The van der Waals surface area contributed by atoms with E-state index in [-0.39, 0.29) is 11.9 Å². The molecule has 0 aromatic heterocycles. The molecule has 0 radical (unpaired) electrons. The number of carbonyl (C=O) groups is 1. The van der Waals surface area contributed by atoms with Gasteiger partial charge in [-0.2, -0.15) is 0 Å². The summed E-state index contributed by atoms with van der Waals surface area (Å²) in [5.41, 5.74) is 2.66. The van der Waals surface area contributed by atoms with Gasteiger partial charge in [-0.25, -0.2) is 0 Å². The number of hydrogen-bond acceptors (Lipinski definition) is 2. The SMILES string of the molecule is C=C1c2ccccc2C(=O)N1C1CCNC(C)C1. The van der Waals surface area contributed by atoms with Crippen molar-refractivity contribution in [2.75, 3.05) is 6.54 Å². The Morgan fingerprint density at radius 2 is 2.06 bits per heavy atom. The maximum absolute atomic E-state index is 12.5. The van der Waals surface area contributed by atoms with Crippen LogP contribution in [0, 0.1) is 0 Å². The second-order valence-corrected chi connectivity index (χ2v) is 5.20. The van der Waals surface area contributed by atoms with Gasteiger partial charge in [0.25, 0.3) is 5.91 Å². The average Bonchev–Trinajstić information content (AvgIpc) is 2.63. The fourth-order valence-electron chi connectivity index (χ4n) is 3.03. The number of carbonyl (C=O) groups excluding carboxylic acids is 1. The molecule has 2 aliphatic heterocycles. The minimum Gasteiger partial charge on any atom is -0.314 e. The van der Waals surface area contributed by atoms with E-state index >= 15 is 0 Å². The van der Waals surface area contributed by atoms with Crippen molar-refractivity contribution in [3.8, 4) is 0 Å². The van der Waals surface area contributed by atoms with Crippen LogP contribution < -0.4 is 5.32 Å². The summed E-state index contributed by atoms with van der Waals surface area (Å²) >= 11 is 0. The monoisotopic (exact) mass is 242 g/mol. The first kappa shape index (κ1) is 11.5. The predicted molar refractivity (Wildman–Crippen MR) is 72.1 cm³/mol. The van der Waals surface area contributed by atoms with E-state index in [0.717, 1.165) is 36.2 Å². The van der Waals surface area contributed by atoms with Crippen molar-refractivity contribution in [2.45, 2.75) is 31.8 Å². The van der Waals surface area contributed by atoms with Crippen molar-refractivity contribution < 1.29 is 4.79 Å². The van der Waals surface area contributed by atoms with E-state index < -0.39 is 0 Å². The number of piperidine rings is 1. The highest BCUT2D eigenvalue weighted by atomic mass is 16.2. The molecule has 18 heavy (non-hydrogen) atoms. The Hall–Kier alpha value is -1.61. The largest absolute Gasteiger partial charge is 0.314 e. The quantitative estimate of drug-likeness (QED) is 0.819. The van der Waals surface area contributed by atoms with Gasteiger partial charge in [0.15, 0.2) is 0 Å². The molecule has 1 amide bonds. The molecule has 2 aliphatic rings. The minimum atomic E-state index is 0.120. The summed E-state index contributed by atoms with van der Waals surface area (Å²) in [6.45, 7) is 7.25. The van der Waals surface area contributed by atoms with E-state index in [4.69, 9.17) is 0 Å². The summed E-state index contributed by atoms with van der Waals surface area (Å²) in [4.78, 5) is 14.4. The second-order valence-electron chi connectivity index (χ2n) is 5.20. The van der Waals surface area contributed by atoms with Crippen molar-refractivity contribution in [2.24, 2.45) is 0 Å². The first-order chi connectivity index (χ1) is 8.68. The van der Waals surface area contributed by atoms with Crippen LogP contribution in [0.15, 0.2) is 30.8 Å². The number of hydrogen-bond donors (Lipinski definition) is 1. The van der Waals surface area contributed by atoms with Crippen molar-refractivity contribution in [3.05, 3.63) is 42.0 Å². The number of nitrogens with one attached hydrogen (secondary N) is 1. The standard InChI is InChI=1S/C15H18N2O/c1-10-9-12(7-8-16-10)17-11(2)13-5-3-4-6-14(13)15(17)18/h3-6,10,12,16H,2,7-9H2,1H3. The van der Waals surface area contributed by atoms with Gasteiger partial charge in [0.05, 0.1) is 0 Å². The molecule has 2 atom stereocenters. The molecule has 3 rings (SSSR count). The van der Waals surface area contributed by atoms with Gasteiger partial charge < -0.3 is 10.2 Å². The van der Waals surface area contributed by atoms with Crippen molar-refractivity contribution >= 4 is 11.6 Å². The molecule has 1 fully saturated rings. The number of amides is 1. The summed E-state index contributed by atoms with van der Waals surface area (Å²) < 4.78 is 0. The van der Waals surface area contributed by atoms with Gasteiger partial charge in [0.1, 0.15) is 0 Å². The van der Waals surface area contributed by atoms with Crippen LogP contribution in [0.1, 0.15) is 35.7 Å². The summed E-state index contributed by atoms with van der Waals surface area (Å²) in [5.74, 6) is 0.120. The smallest absolute Gasteiger partial charge is 0.259 e. The van der Waals surface area contributed by atoms with Gasteiger partial charge in [-0.3, -0.25) is 4.79 Å². The molecule has 1 aromatic carbocycles. The van der Waals surface area contributed by atoms with E-state index in [1.165, 1.54) is 0 Å². The lowest BCUT2D eigenvalue weighted by Crippen LogP contribution is -2.46. The first-order valence-electron chi connectivity index (χ1n) is 6.53. The fourth-order valence-corrected chi connectivity index (χ4v) is 3.03. The van der Waals surface area contributed by atoms with Crippen LogP contribution in [0.2, 0.25) is 0 Å². The molecule has 94 valence electrons. The topological polar surface area (TPSA) is 32.3 Å². The molecular weight excluding hydrogens is 224 g/mol. The lowest BCUT2D eigenvalue weighted by molar-refractivity contribution is 0.0772. The van der Waals surface area contributed by atoms with Crippen LogP contribution in [-0.2, 0) is 0 Å². The second kappa shape index (κ2) is 4.25. The predicted octanol–water partition coefficient (Wildman–Crippen LogP) is 2.25. The Balaban J connectivity index is 1.92. The Labute approximate surface area is 107 Å².